The van der Waals surface area contributed by atoms with Crippen molar-refractivity contribution in [1.29, 1.82) is 0 Å². The molecule has 4 nitrogen and oxygen atoms in total. The van der Waals surface area contributed by atoms with Gasteiger partial charge in [0.05, 0.1) is 0 Å². The lowest BCUT2D eigenvalue weighted by molar-refractivity contribution is -0.128. The lowest BCUT2D eigenvalue weighted by Gasteiger charge is -1.99. The Morgan fingerprint density at radius 3 is 2.71 bits per heavy atom. The molecule has 78 valence electrons. The van der Waals surface area contributed by atoms with Crippen molar-refractivity contribution in [2.45, 2.75) is 31.5 Å². The Morgan fingerprint density at radius 2 is 2.14 bits per heavy atom. The van der Waals surface area contributed by atoms with E-state index < -0.39 is 12.6 Å². The average Bonchev–Trinajstić information content (AvgIpc) is 2.71. The summed E-state index contributed by atoms with van der Waals surface area (Å²) in [6.45, 7) is 0. The van der Waals surface area contributed by atoms with Crippen LogP contribution in [0.3, 0.4) is 0 Å². The molecule has 0 atom stereocenters. The van der Waals surface area contributed by atoms with E-state index in [-0.39, 0.29) is 17.9 Å². The maximum atomic E-state index is 11.9. The molecule has 0 spiro atoms. The molecule has 0 unspecified atom stereocenters. The van der Waals surface area contributed by atoms with Crippen molar-refractivity contribution in [3.63, 3.8) is 0 Å². The van der Waals surface area contributed by atoms with Crippen LogP contribution in [-0.2, 0) is 6.42 Å². The second-order valence-electron chi connectivity index (χ2n) is 3.23. The van der Waals surface area contributed by atoms with Crippen molar-refractivity contribution in [3.05, 3.63) is 5.82 Å². The fraction of sp³-hybridized carbons (Fsp3) is 0.714. The van der Waals surface area contributed by atoms with Crippen LogP contribution >= 0.6 is 0 Å². The zero-order valence-corrected chi connectivity index (χ0v) is 7.14. The van der Waals surface area contributed by atoms with Crippen molar-refractivity contribution in [2.75, 3.05) is 5.32 Å². The maximum absolute atomic E-state index is 11.9. The van der Waals surface area contributed by atoms with E-state index in [0.717, 1.165) is 12.8 Å². The highest BCUT2D eigenvalue weighted by Gasteiger charge is 2.31. The Hall–Kier alpha value is -1.27. The van der Waals surface area contributed by atoms with E-state index in [2.05, 4.69) is 20.0 Å². The van der Waals surface area contributed by atoms with Crippen LogP contribution in [0.5, 0.6) is 0 Å². The zero-order chi connectivity index (χ0) is 10.2. The maximum Gasteiger partial charge on any atom is 0.396 e. The van der Waals surface area contributed by atoms with Gasteiger partial charge in [-0.1, -0.05) is 5.16 Å². The Balaban J connectivity index is 1.94. The molecule has 1 heterocycles. The summed E-state index contributed by atoms with van der Waals surface area (Å²) in [5, 5.41) is 6.03. The highest BCUT2D eigenvalue weighted by atomic mass is 19.4. The van der Waals surface area contributed by atoms with Crippen LogP contribution in [-0.4, -0.2) is 22.4 Å². The van der Waals surface area contributed by atoms with Gasteiger partial charge >= 0.3 is 12.2 Å². The van der Waals surface area contributed by atoms with Crippen LogP contribution in [0.2, 0.25) is 0 Å². The normalized spacial score (nSPS) is 17.1. The molecule has 1 N–H and O–H groups in total. The molecule has 0 aliphatic heterocycles. The first-order valence-electron chi connectivity index (χ1n) is 4.19. The molecule has 0 amide bonds. The molecule has 0 saturated heterocycles. The van der Waals surface area contributed by atoms with E-state index in [9.17, 15) is 13.2 Å². The smallest absolute Gasteiger partial charge is 0.335 e. The predicted octanol–water partition coefficient (Wildman–Crippen LogP) is 1.75. The van der Waals surface area contributed by atoms with Gasteiger partial charge in [0.15, 0.2) is 5.82 Å². The van der Waals surface area contributed by atoms with Crippen LogP contribution in [0.15, 0.2) is 4.52 Å². The van der Waals surface area contributed by atoms with Crippen molar-refractivity contribution in [1.82, 2.24) is 10.1 Å². The fourth-order valence-corrected chi connectivity index (χ4v) is 0.966. The number of rotatable bonds is 3. The monoisotopic (exact) mass is 207 g/mol. The van der Waals surface area contributed by atoms with Gasteiger partial charge < -0.3 is 9.84 Å². The number of nitrogens with zero attached hydrogens (tertiary/aromatic N) is 2. The van der Waals surface area contributed by atoms with E-state index in [1.165, 1.54) is 0 Å². The van der Waals surface area contributed by atoms with Gasteiger partial charge in [0.25, 0.3) is 0 Å². The lowest BCUT2D eigenvalue weighted by atomic mass is 10.4. The van der Waals surface area contributed by atoms with Crippen molar-refractivity contribution in [2.24, 2.45) is 0 Å². The second kappa shape index (κ2) is 3.14. The number of anilines is 1. The number of alkyl halides is 3. The molecule has 0 bridgehead atoms. The number of aromatic nitrogens is 2. The summed E-state index contributed by atoms with van der Waals surface area (Å²) in [5.41, 5.74) is 0. The van der Waals surface area contributed by atoms with Gasteiger partial charge in [-0.25, -0.2) is 0 Å². The van der Waals surface area contributed by atoms with Gasteiger partial charge in [-0.15, -0.1) is 0 Å². The van der Waals surface area contributed by atoms with Crippen LogP contribution < -0.4 is 5.32 Å². The van der Waals surface area contributed by atoms with E-state index in [1.807, 2.05) is 0 Å². The molecular weight excluding hydrogens is 199 g/mol. The molecule has 1 aliphatic rings. The summed E-state index contributed by atoms with van der Waals surface area (Å²) in [6.07, 6.45) is -3.45. The predicted molar refractivity (Wildman–Crippen MR) is 40.7 cm³/mol. The summed E-state index contributed by atoms with van der Waals surface area (Å²) < 4.78 is 40.2. The van der Waals surface area contributed by atoms with Crippen LogP contribution in [0.4, 0.5) is 19.2 Å². The first-order valence-corrected chi connectivity index (χ1v) is 4.19. The molecule has 1 aliphatic carbocycles. The fourth-order valence-electron chi connectivity index (χ4n) is 0.966. The third-order valence-corrected chi connectivity index (χ3v) is 1.73. The molecule has 2 rings (SSSR count). The molecule has 0 radical (unpaired) electrons. The first-order chi connectivity index (χ1) is 6.53. The van der Waals surface area contributed by atoms with E-state index in [4.69, 9.17) is 0 Å². The minimum Gasteiger partial charge on any atom is -0.335 e. The third kappa shape index (κ3) is 2.61. The summed E-state index contributed by atoms with van der Waals surface area (Å²) >= 11 is 0. The second-order valence-corrected chi connectivity index (χ2v) is 3.23. The van der Waals surface area contributed by atoms with E-state index >= 15 is 0 Å². The van der Waals surface area contributed by atoms with Gasteiger partial charge in [0.2, 0.25) is 0 Å². The first kappa shape index (κ1) is 9.29. The molecule has 1 fully saturated rings. The molecular formula is C7H8F3N3O. The van der Waals surface area contributed by atoms with Crippen molar-refractivity contribution >= 4 is 6.01 Å². The average molecular weight is 207 g/mol. The Bertz CT molecular complexity index is 318. The largest absolute Gasteiger partial charge is 0.396 e. The lowest BCUT2D eigenvalue weighted by Crippen LogP contribution is -2.12. The molecule has 1 saturated carbocycles. The molecule has 7 heteroatoms. The minimum absolute atomic E-state index is 0.0757. The van der Waals surface area contributed by atoms with Crippen molar-refractivity contribution < 1.29 is 17.7 Å². The Kier molecular flexibility index (Phi) is 2.09. The topological polar surface area (TPSA) is 51.0 Å². The number of halogens is 3. The Labute approximate surface area is 77.5 Å². The van der Waals surface area contributed by atoms with Gasteiger partial charge in [0.1, 0.15) is 6.42 Å². The quantitative estimate of drug-likeness (QED) is 0.820. The van der Waals surface area contributed by atoms with Crippen LogP contribution in [0, 0.1) is 0 Å². The third-order valence-electron chi connectivity index (χ3n) is 1.73. The summed E-state index contributed by atoms with van der Waals surface area (Å²) in [7, 11) is 0. The highest BCUT2D eigenvalue weighted by Crippen LogP contribution is 2.24. The summed E-state index contributed by atoms with van der Waals surface area (Å²) in [4.78, 5) is 3.57. The number of hydrogen-bond donors (Lipinski definition) is 1. The van der Waals surface area contributed by atoms with Gasteiger partial charge in [-0.2, -0.15) is 18.2 Å². The molecule has 1 aromatic rings. The SMILES string of the molecule is FC(F)(F)Cc1noc(NC2CC2)n1. The van der Waals surface area contributed by atoms with Crippen LogP contribution in [0.25, 0.3) is 0 Å². The molecule has 14 heavy (non-hydrogen) atoms. The number of nitrogens with one attached hydrogen (secondary N) is 1. The van der Waals surface area contributed by atoms with Gasteiger partial charge in [-0.05, 0) is 12.8 Å². The molecule has 1 aromatic heterocycles. The molecule has 0 aromatic carbocycles. The van der Waals surface area contributed by atoms with E-state index in [0.29, 0.717) is 0 Å². The highest BCUT2D eigenvalue weighted by molar-refractivity contribution is 5.23. The van der Waals surface area contributed by atoms with Crippen LogP contribution in [0.1, 0.15) is 18.7 Å². The Morgan fingerprint density at radius 1 is 1.43 bits per heavy atom. The van der Waals surface area contributed by atoms with Gasteiger partial charge in [-0.3, -0.25) is 0 Å². The van der Waals surface area contributed by atoms with Gasteiger partial charge in [0, 0.05) is 6.04 Å². The van der Waals surface area contributed by atoms with E-state index in [1.54, 1.807) is 0 Å². The summed E-state index contributed by atoms with van der Waals surface area (Å²) in [5.74, 6) is -0.333. The summed E-state index contributed by atoms with van der Waals surface area (Å²) in [6, 6.07) is 0.362. The minimum atomic E-state index is -4.29. The standard InChI is InChI=1S/C7H8F3N3O/c8-7(9,10)3-5-12-6(14-13-5)11-4-1-2-4/h4H,1-3H2,(H,11,12,13). The zero-order valence-electron chi connectivity index (χ0n) is 7.14. The number of hydrogen-bond acceptors (Lipinski definition) is 4. The van der Waals surface area contributed by atoms with Crippen molar-refractivity contribution in [3.8, 4) is 0 Å².